The Bertz CT molecular complexity index is 673. The van der Waals surface area contributed by atoms with Gasteiger partial charge in [0.25, 0.3) is 5.91 Å². The van der Waals surface area contributed by atoms with Crippen molar-refractivity contribution in [2.45, 2.75) is 25.3 Å². The van der Waals surface area contributed by atoms with Crippen LogP contribution < -0.4 is 16.6 Å². The number of nitrogens with two attached hydrogens (primary N) is 1. The molecule has 0 bridgehead atoms. The van der Waals surface area contributed by atoms with Gasteiger partial charge in [-0.15, -0.1) is 11.3 Å². The average Bonchev–Trinajstić information content (AvgIpc) is 2.96. The van der Waals surface area contributed by atoms with Crippen LogP contribution in [0.25, 0.3) is 0 Å². The Labute approximate surface area is 131 Å². The maximum atomic E-state index is 12.4. The molecule has 0 saturated heterocycles. The highest BCUT2D eigenvalue weighted by Gasteiger charge is 2.23. The molecule has 0 spiro atoms. The van der Waals surface area contributed by atoms with Crippen molar-refractivity contribution in [2.75, 3.05) is 5.43 Å². The molecule has 2 aromatic heterocycles. The van der Waals surface area contributed by atoms with E-state index in [-0.39, 0.29) is 17.1 Å². The molecule has 1 amide bonds. The average molecular weight is 323 g/mol. The fourth-order valence-electron chi connectivity index (χ4n) is 2.58. The minimum absolute atomic E-state index is 0.0636. The molecule has 1 aliphatic carbocycles. The highest BCUT2D eigenvalue weighted by Crippen LogP contribution is 2.33. The second kappa shape index (κ2) is 6.01. The number of pyridine rings is 1. The number of rotatable bonds is 3. The third kappa shape index (κ3) is 3.02. The Kier molecular flexibility index (Phi) is 4.10. The van der Waals surface area contributed by atoms with Gasteiger partial charge in [-0.25, -0.2) is 10.8 Å². The predicted octanol–water partition coefficient (Wildman–Crippen LogP) is 2.89. The molecular formula is C14H15ClN4OS. The minimum atomic E-state index is -0.167. The van der Waals surface area contributed by atoms with Gasteiger partial charge in [-0.05, 0) is 48.4 Å². The van der Waals surface area contributed by atoms with Crippen molar-refractivity contribution in [3.8, 4) is 0 Å². The number of fused-ring (bicyclic) bond motifs is 1. The first-order chi connectivity index (χ1) is 10.2. The normalized spacial score (nSPS) is 17.1. The van der Waals surface area contributed by atoms with Gasteiger partial charge in [0.05, 0.1) is 6.04 Å². The SMILES string of the molecule is NNc1cc(C(=O)NC2CCCc3sccc32)cc(Cl)n1. The molecule has 21 heavy (non-hydrogen) atoms. The Morgan fingerprint density at radius 1 is 1.48 bits per heavy atom. The lowest BCUT2D eigenvalue weighted by Crippen LogP contribution is -2.30. The molecule has 5 nitrogen and oxygen atoms in total. The fourth-order valence-corrected chi connectivity index (χ4v) is 3.78. The summed E-state index contributed by atoms with van der Waals surface area (Å²) >= 11 is 7.65. The number of hydrogen-bond donors (Lipinski definition) is 3. The first-order valence-electron chi connectivity index (χ1n) is 6.68. The molecule has 1 atom stereocenters. The van der Waals surface area contributed by atoms with E-state index in [1.165, 1.54) is 16.5 Å². The van der Waals surface area contributed by atoms with Gasteiger partial charge in [0.2, 0.25) is 0 Å². The first kappa shape index (κ1) is 14.3. The van der Waals surface area contributed by atoms with Crippen LogP contribution in [0.5, 0.6) is 0 Å². The molecule has 0 aliphatic heterocycles. The highest BCUT2D eigenvalue weighted by atomic mass is 35.5. The van der Waals surface area contributed by atoms with Crippen LogP contribution in [0, 0.1) is 0 Å². The molecular weight excluding hydrogens is 308 g/mol. The molecule has 7 heteroatoms. The number of aryl methyl sites for hydroxylation is 1. The monoisotopic (exact) mass is 322 g/mol. The van der Waals surface area contributed by atoms with E-state index < -0.39 is 0 Å². The lowest BCUT2D eigenvalue weighted by molar-refractivity contribution is 0.0933. The summed E-state index contributed by atoms with van der Waals surface area (Å²) in [7, 11) is 0. The molecule has 2 aromatic rings. The van der Waals surface area contributed by atoms with E-state index in [4.69, 9.17) is 17.4 Å². The van der Waals surface area contributed by atoms with Crippen molar-refractivity contribution in [1.29, 1.82) is 0 Å². The number of nitrogens with zero attached hydrogens (tertiary/aromatic N) is 1. The summed E-state index contributed by atoms with van der Waals surface area (Å²) in [6.07, 6.45) is 3.14. The molecule has 0 radical (unpaired) electrons. The zero-order valence-electron chi connectivity index (χ0n) is 11.2. The van der Waals surface area contributed by atoms with Crippen molar-refractivity contribution in [3.05, 3.63) is 44.7 Å². The Hall–Kier alpha value is -1.63. The lowest BCUT2D eigenvalue weighted by Gasteiger charge is -2.23. The van der Waals surface area contributed by atoms with E-state index in [9.17, 15) is 4.79 Å². The predicted molar refractivity (Wildman–Crippen MR) is 84.5 cm³/mol. The van der Waals surface area contributed by atoms with Crippen LogP contribution in [0.3, 0.4) is 0 Å². The smallest absolute Gasteiger partial charge is 0.252 e. The number of aromatic nitrogens is 1. The van der Waals surface area contributed by atoms with Crippen molar-refractivity contribution >= 4 is 34.7 Å². The zero-order valence-corrected chi connectivity index (χ0v) is 12.8. The number of nitrogen functional groups attached to an aromatic ring is 1. The molecule has 1 aliphatic rings. The summed E-state index contributed by atoms with van der Waals surface area (Å²) in [5.74, 6) is 5.52. The minimum Gasteiger partial charge on any atom is -0.345 e. The molecule has 2 heterocycles. The maximum Gasteiger partial charge on any atom is 0.252 e. The van der Waals surface area contributed by atoms with Gasteiger partial charge < -0.3 is 10.7 Å². The van der Waals surface area contributed by atoms with Gasteiger partial charge in [-0.2, -0.15) is 0 Å². The third-order valence-corrected chi connectivity index (χ3v) is 4.75. The summed E-state index contributed by atoms with van der Waals surface area (Å²) in [6.45, 7) is 0. The quantitative estimate of drug-likeness (QED) is 0.461. The Morgan fingerprint density at radius 2 is 2.33 bits per heavy atom. The van der Waals surface area contributed by atoms with Gasteiger partial charge >= 0.3 is 0 Å². The number of halogens is 1. The maximum absolute atomic E-state index is 12.4. The van der Waals surface area contributed by atoms with Crippen molar-refractivity contribution < 1.29 is 4.79 Å². The zero-order chi connectivity index (χ0) is 14.8. The van der Waals surface area contributed by atoms with E-state index in [2.05, 4.69) is 27.2 Å². The van der Waals surface area contributed by atoms with Crippen LogP contribution in [-0.2, 0) is 6.42 Å². The number of carbonyl (C=O) groups is 1. The van der Waals surface area contributed by atoms with E-state index in [0.29, 0.717) is 11.4 Å². The number of thiophene rings is 1. The van der Waals surface area contributed by atoms with Gasteiger partial charge in [0.15, 0.2) is 0 Å². The number of hydrazine groups is 1. The van der Waals surface area contributed by atoms with E-state index in [0.717, 1.165) is 19.3 Å². The largest absolute Gasteiger partial charge is 0.345 e. The molecule has 0 saturated carbocycles. The van der Waals surface area contributed by atoms with Crippen LogP contribution >= 0.6 is 22.9 Å². The van der Waals surface area contributed by atoms with Crippen LogP contribution in [0.2, 0.25) is 5.15 Å². The summed E-state index contributed by atoms with van der Waals surface area (Å²) < 4.78 is 0. The highest BCUT2D eigenvalue weighted by molar-refractivity contribution is 7.10. The number of nitrogens with one attached hydrogen (secondary N) is 2. The second-order valence-corrected chi connectivity index (χ2v) is 6.31. The van der Waals surface area contributed by atoms with E-state index >= 15 is 0 Å². The van der Waals surface area contributed by atoms with E-state index in [1.807, 2.05) is 0 Å². The first-order valence-corrected chi connectivity index (χ1v) is 7.94. The number of anilines is 1. The standard InChI is InChI=1S/C14H15ClN4OS/c15-12-6-8(7-13(18-12)19-16)14(20)17-10-2-1-3-11-9(10)4-5-21-11/h4-7,10H,1-3,16H2,(H,17,20)(H,18,19). The molecule has 110 valence electrons. The van der Waals surface area contributed by atoms with E-state index in [1.54, 1.807) is 17.4 Å². The molecule has 0 fully saturated rings. The van der Waals surface area contributed by atoms with Crippen molar-refractivity contribution in [2.24, 2.45) is 5.84 Å². The Balaban J connectivity index is 1.80. The summed E-state index contributed by atoms with van der Waals surface area (Å²) in [5, 5.41) is 5.38. The van der Waals surface area contributed by atoms with Crippen molar-refractivity contribution in [1.82, 2.24) is 10.3 Å². The summed E-state index contributed by atoms with van der Waals surface area (Å²) in [4.78, 5) is 17.7. The second-order valence-electron chi connectivity index (χ2n) is 4.93. The van der Waals surface area contributed by atoms with Crippen LogP contribution in [-0.4, -0.2) is 10.9 Å². The topological polar surface area (TPSA) is 80.0 Å². The number of hydrogen-bond acceptors (Lipinski definition) is 5. The molecule has 3 rings (SSSR count). The van der Waals surface area contributed by atoms with Crippen LogP contribution in [0.1, 0.15) is 39.7 Å². The van der Waals surface area contributed by atoms with Gasteiger partial charge in [-0.3, -0.25) is 4.79 Å². The number of carbonyl (C=O) groups excluding carboxylic acids is 1. The van der Waals surface area contributed by atoms with Crippen molar-refractivity contribution in [3.63, 3.8) is 0 Å². The van der Waals surface area contributed by atoms with Crippen LogP contribution in [0.4, 0.5) is 5.82 Å². The molecule has 4 N–H and O–H groups in total. The van der Waals surface area contributed by atoms with Gasteiger partial charge in [0, 0.05) is 10.4 Å². The van der Waals surface area contributed by atoms with Crippen LogP contribution in [0.15, 0.2) is 23.6 Å². The number of amides is 1. The fraction of sp³-hybridized carbons (Fsp3) is 0.286. The third-order valence-electron chi connectivity index (χ3n) is 3.56. The lowest BCUT2D eigenvalue weighted by atomic mass is 9.94. The molecule has 0 aromatic carbocycles. The summed E-state index contributed by atoms with van der Waals surface area (Å²) in [6, 6.07) is 5.28. The van der Waals surface area contributed by atoms with Gasteiger partial charge in [0.1, 0.15) is 11.0 Å². The Morgan fingerprint density at radius 3 is 3.14 bits per heavy atom. The summed E-state index contributed by atoms with van der Waals surface area (Å²) in [5.41, 5.74) is 4.09. The molecule has 1 unspecified atom stereocenters. The van der Waals surface area contributed by atoms with Gasteiger partial charge in [-0.1, -0.05) is 11.6 Å².